The van der Waals surface area contributed by atoms with Gasteiger partial charge in [-0.2, -0.15) is 0 Å². The number of likely N-dealkylation sites (N-methyl/N-ethyl adjacent to an activating group) is 1. The average molecular weight is 245 g/mol. The van der Waals surface area contributed by atoms with Crippen LogP contribution < -0.4 is 5.32 Å². The van der Waals surface area contributed by atoms with Gasteiger partial charge in [0.2, 0.25) is 0 Å². The molecule has 0 atom stereocenters. The minimum Gasteiger partial charge on any atom is -0.349 e. The maximum Gasteiger partial charge on any atom is 0.270 e. The number of pyridine rings is 1. The summed E-state index contributed by atoms with van der Waals surface area (Å²) in [7, 11) is 3.91. The largest absolute Gasteiger partial charge is 0.349 e. The van der Waals surface area contributed by atoms with Crippen molar-refractivity contribution in [2.24, 2.45) is 0 Å². The summed E-state index contributed by atoms with van der Waals surface area (Å²) in [6.45, 7) is 1.39. The third-order valence-corrected chi connectivity index (χ3v) is 2.44. The number of nitrogens with zero attached hydrogens (tertiary/aromatic N) is 4. The molecule has 0 saturated heterocycles. The smallest absolute Gasteiger partial charge is 0.270 e. The van der Waals surface area contributed by atoms with Crippen LogP contribution in [0.2, 0.25) is 0 Å². The Morgan fingerprint density at radius 1 is 1.39 bits per heavy atom. The van der Waals surface area contributed by atoms with Crippen LogP contribution in [-0.4, -0.2) is 52.9 Å². The summed E-state index contributed by atoms with van der Waals surface area (Å²) in [5.74, 6) is -0.183. The van der Waals surface area contributed by atoms with Gasteiger partial charge in [0.1, 0.15) is 12.0 Å². The van der Waals surface area contributed by atoms with Crippen molar-refractivity contribution in [3.63, 3.8) is 0 Å². The van der Waals surface area contributed by atoms with Crippen LogP contribution in [0.5, 0.6) is 0 Å². The first-order valence-electron chi connectivity index (χ1n) is 5.66. The number of carbonyl (C=O) groups excluding carboxylic acids is 1. The molecular formula is C12H15N5O. The van der Waals surface area contributed by atoms with E-state index >= 15 is 0 Å². The molecule has 2 heterocycles. The maximum atomic E-state index is 11.8. The second-order valence-corrected chi connectivity index (χ2v) is 4.19. The Bertz CT molecular complexity index is 555. The van der Waals surface area contributed by atoms with E-state index in [9.17, 15) is 4.79 Å². The number of hydrogen-bond acceptors (Lipinski definition) is 5. The van der Waals surface area contributed by atoms with Crippen molar-refractivity contribution in [1.29, 1.82) is 0 Å². The van der Waals surface area contributed by atoms with E-state index in [1.165, 1.54) is 6.33 Å². The van der Waals surface area contributed by atoms with Crippen LogP contribution in [0.4, 0.5) is 0 Å². The second kappa shape index (κ2) is 5.50. The van der Waals surface area contributed by atoms with Gasteiger partial charge in [-0.05, 0) is 26.2 Å². The van der Waals surface area contributed by atoms with E-state index in [-0.39, 0.29) is 5.91 Å². The Morgan fingerprint density at radius 2 is 2.22 bits per heavy atom. The molecule has 0 aliphatic heterocycles. The normalized spacial score (nSPS) is 10.8. The molecule has 0 radical (unpaired) electrons. The molecule has 0 aliphatic carbocycles. The molecule has 6 heteroatoms. The fraction of sp³-hybridized carbons (Fsp3) is 0.333. The van der Waals surface area contributed by atoms with Crippen molar-refractivity contribution in [3.05, 3.63) is 30.4 Å². The topological polar surface area (TPSA) is 71.0 Å². The first-order valence-corrected chi connectivity index (χ1v) is 5.66. The first kappa shape index (κ1) is 12.4. The van der Waals surface area contributed by atoms with E-state index < -0.39 is 0 Å². The van der Waals surface area contributed by atoms with Crippen LogP contribution in [0.15, 0.2) is 24.7 Å². The summed E-state index contributed by atoms with van der Waals surface area (Å²) >= 11 is 0. The molecule has 2 aromatic heterocycles. The monoisotopic (exact) mass is 245 g/mol. The summed E-state index contributed by atoms with van der Waals surface area (Å²) in [6.07, 6.45) is 3.09. The Morgan fingerprint density at radius 3 is 3.00 bits per heavy atom. The molecule has 0 aromatic carbocycles. The lowest BCUT2D eigenvalue weighted by Crippen LogP contribution is -2.31. The van der Waals surface area contributed by atoms with Crippen molar-refractivity contribution in [3.8, 4) is 0 Å². The third kappa shape index (κ3) is 2.98. The molecule has 1 N–H and O–H groups in total. The lowest BCUT2D eigenvalue weighted by atomic mass is 10.3. The lowest BCUT2D eigenvalue weighted by Gasteiger charge is -2.10. The summed E-state index contributed by atoms with van der Waals surface area (Å²) in [5, 5.41) is 3.63. The molecule has 6 nitrogen and oxygen atoms in total. The average Bonchev–Trinajstić information content (AvgIpc) is 2.37. The highest BCUT2D eigenvalue weighted by molar-refractivity contribution is 5.94. The standard InChI is InChI=1S/C12H15N5O/c1-17(2)6-5-14-12(18)10-4-3-9-7-13-8-15-11(9)16-10/h3-4,7-8H,5-6H2,1-2H3,(H,14,18). The van der Waals surface area contributed by atoms with Gasteiger partial charge in [-0.1, -0.05) is 0 Å². The van der Waals surface area contributed by atoms with Gasteiger partial charge in [0.15, 0.2) is 5.65 Å². The van der Waals surface area contributed by atoms with E-state index in [0.717, 1.165) is 11.9 Å². The molecule has 0 fully saturated rings. The zero-order valence-electron chi connectivity index (χ0n) is 10.4. The van der Waals surface area contributed by atoms with Gasteiger partial charge in [0, 0.05) is 24.7 Å². The zero-order chi connectivity index (χ0) is 13.0. The molecule has 2 aromatic rings. The molecular weight excluding hydrogens is 230 g/mol. The zero-order valence-corrected chi connectivity index (χ0v) is 10.4. The number of fused-ring (bicyclic) bond motifs is 1. The summed E-state index contributed by atoms with van der Waals surface area (Å²) < 4.78 is 0. The van der Waals surface area contributed by atoms with Crippen LogP contribution in [0.1, 0.15) is 10.5 Å². The van der Waals surface area contributed by atoms with E-state index in [1.54, 1.807) is 18.3 Å². The molecule has 18 heavy (non-hydrogen) atoms. The fourth-order valence-electron chi connectivity index (χ4n) is 1.48. The molecule has 0 spiro atoms. The number of aromatic nitrogens is 3. The van der Waals surface area contributed by atoms with E-state index in [1.807, 2.05) is 19.0 Å². The number of hydrogen-bond donors (Lipinski definition) is 1. The summed E-state index contributed by atoms with van der Waals surface area (Å²) in [6, 6.07) is 3.47. The van der Waals surface area contributed by atoms with Gasteiger partial charge >= 0.3 is 0 Å². The van der Waals surface area contributed by atoms with Gasteiger partial charge in [-0.3, -0.25) is 4.79 Å². The second-order valence-electron chi connectivity index (χ2n) is 4.19. The minimum absolute atomic E-state index is 0.183. The Labute approximate surface area is 105 Å². The van der Waals surface area contributed by atoms with Crippen molar-refractivity contribution in [2.45, 2.75) is 0 Å². The van der Waals surface area contributed by atoms with Gasteiger partial charge < -0.3 is 10.2 Å². The van der Waals surface area contributed by atoms with E-state index in [2.05, 4.69) is 20.3 Å². The van der Waals surface area contributed by atoms with Crippen LogP contribution in [0.3, 0.4) is 0 Å². The number of amides is 1. The molecule has 0 saturated carbocycles. The predicted molar refractivity (Wildman–Crippen MR) is 68.2 cm³/mol. The molecule has 1 amide bonds. The van der Waals surface area contributed by atoms with Crippen molar-refractivity contribution in [2.75, 3.05) is 27.2 Å². The van der Waals surface area contributed by atoms with Crippen molar-refractivity contribution < 1.29 is 4.79 Å². The maximum absolute atomic E-state index is 11.8. The van der Waals surface area contributed by atoms with E-state index in [0.29, 0.717) is 17.9 Å². The van der Waals surface area contributed by atoms with Crippen LogP contribution in [-0.2, 0) is 0 Å². The molecule has 0 bridgehead atoms. The molecule has 2 rings (SSSR count). The highest BCUT2D eigenvalue weighted by Crippen LogP contribution is 2.07. The number of rotatable bonds is 4. The summed E-state index contributed by atoms with van der Waals surface area (Å²) in [5.41, 5.74) is 0.908. The van der Waals surface area contributed by atoms with Crippen LogP contribution >= 0.6 is 0 Å². The summed E-state index contributed by atoms with van der Waals surface area (Å²) in [4.78, 5) is 26.0. The van der Waals surface area contributed by atoms with Crippen LogP contribution in [0.25, 0.3) is 11.0 Å². The SMILES string of the molecule is CN(C)CCNC(=O)c1ccc2cncnc2n1. The molecule has 94 valence electrons. The van der Waals surface area contributed by atoms with Crippen molar-refractivity contribution >= 4 is 16.9 Å². The third-order valence-electron chi connectivity index (χ3n) is 2.44. The Kier molecular flexibility index (Phi) is 3.78. The van der Waals surface area contributed by atoms with Gasteiger partial charge in [-0.25, -0.2) is 15.0 Å². The number of nitrogens with one attached hydrogen (secondary N) is 1. The lowest BCUT2D eigenvalue weighted by molar-refractivity contribution is 0.0946. The fourth-order valence-corrected chi connectivity index (χ4v) is 1.48. The first-order chi connectivity index (χ1) is 8.66. The molecule has 0 unspecified atom stereocenters. The highest BCUT2D eigenvalue weighted by Gasteiger charge is 2.07. The van der Waals surface area contributed by atoms with E-state index in [4.69, 9.17) is 0 Å². The van der Waals surface area contributed by atoms with Gasteiger partial charge in [-0.15, -0.1) is 0 Å². The predicted octanol–water partition coefficient (Wildman–Crippen LogP) is 0.316. The Hall–Kier alpha value is -2.08. The number of carbonyl (C=O) groups is 1. The quantitative estimate of drug-likeness (QED) is 0.839. The van der Waals surface area contributed by atoms with Gasteiger partial charge in [0.25, 0.3) is 5.91 Å². The van der Waals surface area contributed by atoms with Crippen molar-refractivity contribution in [1.82, 2.24) is 25.2 Å². The highest BCUT2D eigenvalue weighted by atomic mass is 16.1. The van der Waals surface area contributed by atoms with Crippen LogP contribution in [0, 0.1) is 0 Å². The Balaban J connectivity index is 2.08. The minimum atomic E-state index is -0.183. The van der Waals surface area contributed by atoms with Gasteiger partial charge in [0.05, 0.1) is 0 Å². The molecule has 0 aliphatic rings.